The monoisotopic (exact) mass is 840 g/mol. The molecule has 1 aliphatic heterocycles. The van der Waals surface area contributed by atoms with E-state index in [1.54, 1.807) is 29.7 Å². The van der Waals surface area contributed by atoms with Crippen LogP contribution in [-0.4, -0.2) is 42.3 Å². The summed E-state index contributed by atoms with van der Waals surface area (Å²) >= 11 is -2.08. The van der Waals surface area contributed by atoms with Gasteiger partial charge in [0.25, 0.3) is 0 Å². The molecule has 0 aromatic heterocycles. The molecule has 52 heavy (non-hydrogen) atoms. The van der Waals surface area contributed by atoms with E-state index in [1.165, 1.54) is 33.6 Å². The molecular weight excluding hydrogens is 782 g/mol. The quantitative estimate of drug-likeness (QED) is 0.0685. The predicted octanol–water partition coefficient (Wildman–Crippen LogP) is 11.4. The van der Waals surface area contributed by atoms with Crippen LogP contribution >= 0.6 is 19.4 Å². The van der Waals surface area contributed by atoms with Gasteiger partial charge in [-0.3, -0.25) is 0 Å². The van der Waals surface area contributed by atoms with E-state index in [2.05, 4.69) is 130 Å². The zero-order valence-electron chi connectivity index (χ0n) is 32.7. The molecule has 7 nitrogen and oxygen atoms in total. The van der Waals surface area contributed by atoms with Crippen molar-refractivity contribution in [1.82, 2.24) is 0 Å². The van der Waals surface area contributed by atoms with Crippen molar-refractivity contribution < 1.29 is 32.2 Å². The molecule has 0 radical (unpaired) electrons. The van der Waals surface area contributed by atoms with Gasteiger partial charge in [-0.05, 0) is 45.9 Å². The van der Waals surface area contributed by atoms with Gasteiger partial charge in [0.2, 0.25) is 0 Å². The van der Waals surface area contributed by atoms with E-state index in [0.29, 0.717) is 29.4 Å². The Balaban J connectivity index is 0.000000289. The number of amides is 1. The Bertz CT molecular complexity index is 1580. The zero-order chi connectivity index (χ0) is 38.9. The topological polar surface area (TPSA) is 64.6 Å². The number of nitrogens with zero attached hydrogens (tertiary/aromatic N) is 2. The fourth-order valence-electron chi connectivity index (χ4n) is 6.19. The molecule has 0 saturated carbocycles. The fraction of sp³-hybridized carbons (Fsp3) is 0.452. The Morgan fingerprint density at radius 3 is 1.63 bits per heavy atom. The van der Waals surface area contributed by atoms with Crippen LogP contribution in [0.3, 0.4) is 0 Å². The molecule has 0 bridgehead atoms. The molecule has 4 rings (SSSR count). The molecule has 1 aliphatic rings. The van der Waals surface area contributed by atoms with Crippen molar-refractivity contribution in [3.05, 3.63) is 96.2 Å². The molecule has 1 fully saturated rings. The van der Waals surface area contributed by atoms with Gasteiger partial charge < -0.3 is 9.80 Å². The molecule has 3 aromatic carbocycles. The SMILES string of the molecule is CC(C)c1cccc(C(C)C)c1N1[CH-]N(c2c(C(C)C)cccc2C(C)C)CC1.[CH2-][O+](c1ccc(NC(=O)C(=O)OCC)cc1[CH]=[Ru]([Cl])[Cl])C(C)C. The third kappa shape index (κ3) is 11.3. The number of carbonyl (C=O) groups excluding carboxylic acids is 2. The van der Waals surface area contributed by atoms with Crippen LogP contribution in [0.25, 0.3) is 0 Å². The summed E-state index contributed by atoms with van der Waals surface area (Å²) in [5, 5.41) is 2.48. The van der Waals surface area contributed by atoms with Crippen LogP contribution < -0.4 is 15.1 Å². The molecule has 288 valence electrons. The Kier molecular flexibility index (Phi) is 16.7. The number of benzene rings is 3. The average Bonchev–Trinajstić information content (AvgIpc) is 3.57. The second-order valence-corrected chi connectivity index (χ2v) is 20.1. The molecule has 1 saturated heterocycles. The summed E-state index contributed by atoms with van der Waals surface area (Å²) in [5.41, 5.74) is 9.84. The van der Waals surface area contributed by atoms with E-state index < -0.39 is 25.4 Å². The summed E-state index contributed by atoms with van der Waals surface area (Å²) in [6.45, 7) is 28.6. The number of hydrogen-bond acceptors (Lipinski definition) is 5. The van der Waals surface area contributed by atoms with Crippen LogP contribution in [0.4, 0.5) is 17.1 Å². The first-order valence-corrected chi connectivity index (χ1v) is 23.6. The summed E-state index contributed by atoms with van der Waals surface area (Å²) in [5.74, 6) is 1.05. The van der Waals surface area contributed by atoms with E-state index in [1.807, 2.05) is 13.8 Å². The van der Waals surface area contributed by atoms with Crippen LogP contribution in [0.2, 0.25) is 0 Å². The number of nitrogens with one attached hydrogen (secondary N) is 1. The molecule has 10 heteroatoms. The van der Waals surface area contributed by atoms with Gasteiger partial charge in [0.1, 0.15) is 0 Å². The molecule has 0 aliphatic carbocycles. The second kappa shape index (κ2) is 19.9. The molecule has 3 aromatic rings. The van der Waals surface area contributed by atoms with Crippen molar-refractivity contribution in [3.8, 4) is 5.75 Å². The number of para-hydroxylation sites is 2. The summed E-state index contributed by atoms with van der Waals surface area (Å²) in [6, 6.07) is 18.8. The number of hydrogen-bond donors (Lipinski definition) is 1. The van der Waals surface area contributed by atoms with Crippen molar-refractivity contribution in [2.75, 3.05) is 34.8 Å². The number of rotatable bonds is 11. The van der Waals surface area contributed by atoms with Gasteiger partial charge >= 0.3 is 149 Å². The van der Waals surface area contributed by atoms with E-state index >= 15 is 0 Å². The minimum atomic E-state index is -2.08. The normalized spacial score (nSPS) is 13.2. The third-order valence-corrected chi connectivity index (χ3v) is 10.7. The van der Waals surface area contributed by atoms with Crippen LogP contribution in [0, 0.1) is 13.8 Å². The van der Waals surface area contributed by atoms with Crippen LogP contribution in [0.1, 0.15) is 128 Å². The fourth-order valence-corrected chi connectivity index (χ4v) is 7.97. The first-order chi connectivity index (χ1) is 24.5. The van der Waals surface area contributed by atoms with E-state index in [4.69, 9.17) is 19.4 Å². The summed E-state index contributed by atoms with van der Waals surface area (Å²) in [6.07, 6.45) is 0.0911. The average molecular weight is 841 g/mol. The number of halogens is 2. The minimum absolute atomic E-state index is 0.0911. The first-order valence-electron chi connectivity index (χ1n) is 18.1. The number of anilines is 3. The summed E-state index contributed by atoms with van der Waals surface area (Å²) in [4.78, 5) is 28.1. The van der Waals surface area contributed by atoms with Gasteiger partial charge in [-0.2, -0.15) is 6.67 Å². The van der Waals surface area contributed by atoms with Crippen molar-refractivity contribution in [2.24, 2.45) is 0 Å². The molecule has 1 amide bonds. The molecule has 1 N–H and O–H groups in total. The molecular formula is C42H58Cl2N3O4Ru-. The van der Waals surface area contributed by atoms with Gasteiger partial charge in [0.05, 0.1) is 0 Å². The maximum atomic E-state index is 11.7. The van der Waals surface area contributed by atoms with Gasteiger partial charge in [0, 0.05) is 24.5 Å². The zero-order valence-corrected chi connectivity index (χ0v) is 36.0. The van der Waals surface area contributed by atoms with Gasteiger partial charge in [0.15, 0.2) is 0 Å². The van der Waals surface area contributed by atoms with Gasteiger partial charge in [-0.1, -0.05) is 91.8 Å². The van der Waals surface area contributed by atoms with E-state index in [0.717, 1.165) is 24.4 Å². The van der Waals surface area contributed by atoms with Crippen molar-refractivity contribution >= 4 is 52.9 Å². The van der Waals surface area contributed by atoms with Crippen molar-refractivity contribution in [2.45, 2.75) is 106 Å². The van der Waals surface area contributed by atoms with Crippen LogP contribution in [0.5, 0.6) is 5.75 Å². The number of ether oxygens (including phenoxy) is 1. The Labute approximate surface area is 326 Å². The third-order valence-electron chi connectivity index (χ3n) is 8.89. The summed E-state index contributed by atoms with van der Waals surface area (Å²) in [7, 11) is 15.8. The van der Waals surface area contributed by atoms with E-state index in [9.17, 15) is 9.59 Å². The molecule has 0 unspecified atom stereocenters. The Hall–Kier alpha value is -2.93. The first kappa shape index (κ1) is 43.5. The second-order valence-electron chi connectivity index (χ2n) is 14.4. The van der Waals surface area contributed by atoms with Crippen molar-refractivity contribution in [3.63, 3.8) is 0 Å². The van der Waals surface area contributed by atoms with Crippen molar-refractivity contribution in [1.29, 1.82) is 0 Å². The summed E-state index contributed by atoms with van der Waals surface area (Å²) < 4.78 is 9.10. The molecule has 0 spiro atoms. The van der Waals surface area contributed by atoms with Crippen LogP contribution in [0.15, 0.2) is 54.6 Å². The molecule has 0 atom stereocenters. The number of esters is 1. The standard InChI is InChI=1S/C27H39N2.C15H19NO4.2ClH.Ru/c1-18(2)22-11-9-12-23(19(3)4)26(22)28-15-16-29(17-28)27-24(20(5)6)13-10-14-25(27)21(7)8;1-6-19-15(18)14(17)16-12-7-8-13(11(4)9-12)20(5)10(2)3;;;/h9-14,17-21H,15-16H2,1-8H3;4,7-10H,5-6H2,1-3H3,(H,16,17);2*1H;/q-1;;;;+2/p-2. The molecule has 1 heterocycles. The maximum absolute atomic E-state index is 11.7. The van der Waals surface area contributed by atoms with Crippen LogP contribution in [-0.2, 0) is 32.2 Å². The van der Waals surface area contributed by atoms with Gasteiger partial charge in [-0.25, -0.2) is 0 Å². The van der Waals surface area contributed by atoms with E-state index in [-0.39, 0.29) is 12.7 Å². The Morgan fingerprint density at radius 1 is 0.827 bits per heavy atom. The predicted molar refractivity (Wildman–Crippen MR) is 218 cm³/mol. The van der Waals surface area contributed by atoms with Gasteiger partial charge in [-0.15, -0.1) is 0 Å². The number of carbonyl (C=O) groups is 2. The Morgan fingerprint density at radius 2 is 1.27 bits per heavy atom.